The van der Waals surface area contributed by atoms with Gasteiger partial charge in [-0.25, -0.2) is 0 Å². The van der Waals surface area contributed by atoms with Crippen molar-refractivity contribution in [3.63, 3.8) is 0 Å². The third-order valence-electron chi connectivity index (χ3n) is 15.1. The zero-order chi connectivity index (χ0) is 47.9. The number of nitrogens with zero attached hydrogens (tertiary/aromatic N) is 1. The molecule has 2 heterocycles. The van der Waals surface area contributed by atoms with E-state index in [1.807, 2.05) is 24.3 Å². The van der Waals surface area contributed by atoms with E-state index in [1.165, 1.54) is 50.1 Å². The second-order valence-electron chi connectivity index (χ2n) is 19.6. The van der Waals surface area contributed by atoms with E-state index in [4.69, 9.17) is 8.83 Å². The average Bonchev–Trinajstić information content (AvgIpc) is 4.09. The molecule has 13 aromatic rings. The highest BCUT2D eigenvalue weighted by molar-refractivity contribution is 6.13. The van der Waals surface area contributed by atoms with Crippen LogP contribution in [0.2, 0.25) is 0 Å². The Bertz CT molecular complexity index is 4060. The van der Waals surface area contributed by atoms with Crippen LogP contribution in [0.25, 0.3) is 111 Å². The first-order valence-electron chi connectivity index (χ1n) is 24.8. The number of anilines is 3. The van der Waals surface area contributed by atoms with Gasteiger partial charge in [0.2, 0.25) is 0 Å². The lowest BCUT2D eigenvalue weighted by Gasteiger charge is -2.26. The molecule has 0 radical (unpaired) electrons. The van der Waals surface area contributed by atoms with Crippen LogP contribution in [-0.2, 0) is 5.41 Å². The molecule has 0 atom stereocenters. The van der Waals surface area contributed by atoms with Gasteiger partial charge in [0.15, 0.2) is 0 Å². The molecule has 1 aliphatic carbocycles. The number of fused-ring (bicyclic) bond motifs is 9. The monoisotopic (exact) mass is 921 g/mol. The van der Waals surface area contributed by atoms with Gasteiger partial charge in [0.1, 0.15) is 22.3 Å². The zero-order valence-corrected chi connectivity index (χ0v) is 39.9. The Morgan fingerprint density at radius 2 is 0.750 bits per heavy atom. The summed E-state index contributed by atoms with van der Waals surface area (Å²) in [4.78, 5) is 2.38. The minimum absolute atomic E-state index is 0.193. The van der Waals surface area contributed by atoms with Crippen molar-refractivity contribution in [2.75, 3.05) is 4.90 Å². The summed E-state index contributed by atoms with van der Waals surface area (Å²) >= 11 is 0. The molecule has 11 aromatic carbocycles. The standard InChI is InChI=1S/C69H47NO2/c1-69(2)60-39-34-49(41-59(60)66-58(45-18-7-4-8-19-45)42-50(43-61(66)69)44-16-5-3-6-17-44)48-20-13-21-53(40-48)70(51-35-30-46(31-36-51)54-24-14-28-64-67(54)56-22-9-11-26-62(56)71-64)52-37-32-47(33-38-52)55-25-15-29-65-68(55)57-23-10-12-27-63(57)72-65/h3-43H,1-2H3. The molecule has 72 heavy (non-hydrogen) atoms. The normalized spacial score (nSPS) is 12.7. The molecule has 0 saturated heterocycles. The van der Waals surface area contributed by atoms with Crippen LogP contribution < -0.4 is 4.90 Å². The topological polar surface area (TPSA) is 29.5 Å². The minimum Gasteiger partial charge on any atom is -0.456 e. The quantitative estimate of drug-likeness (QED) is 0.152. The van der Waals surface area contributed by atoms with Gasteiger partial charge in [-0.15, -0.1) is 0 Å². The second kappa shape index (κ2) is 16.5. The van der Waals surface area contributed by atoms with Gasteiger partial charge >= 0.3 is 0 Å². The second-order valence-corrected chi connectivity index (χ2v) is 19.6. The summed E-state index contributed by atoms with van der Waals surface area (Å²) in [6.07, 6.45) is 0. The molecule has 0 aliphatic heterocycles. The van der Waals surface area contributed by atoms with Gasteiger partial charge in [-0.1, -0.05) is 184 Å². The van der Waals surface area contributed by atoms with E-state index in [0.717, 1.165) is 88.8 Å². The molecular formula is C69H47NO2. The SMILES string of the molecule is CC1(C)c2ccc(-c3cccc(N(c4ccc(-c5cccc6oc7ccccc7c56)cc4)c4ccc(-c5cccc6oc7ccccc7c56)cc4)c3)cc2-c2c(-c3ccccc3)cc(-c3ccccc3)cc21. The Balaban J connectivity index is 0.896. The first kappa shape index (κ1) is 41.8. The van der Waals surface area contributed by atoms with E-state index >= 15 is 0 Å². The maximum Gasteiger partial charge on any atom is 0.136 e. The number of benzene rings is 11. The maximum atomic E-state index is 6.31. The van der Waals surface area contributed by atoms with Gasteiger partial charge in [-0.2, -0.15) is 0 Å². The van der Waals surface area contributed by atoms with Gasteiger partial charge in [-0.05, 0) is 157 Å². The van der Waals surface area contributed by atoms with Gasteiger partial charge < -0.3 is 13.7 Å². The highest BCUT2D eigenvalue weighted by atomic mass is 16.3. The highest BCUT2D eigenvalue weighted by Gasteiger charge is 2.38. The van der Waals surface area contributed by atoms with E-state index in [2.05, 4.69) is 243 Å². The van der Waals surface area contributed by atoms with Crippen LogP contribution in [0.4, 0.5) is 17.1 Å². The Labute approximate surface area is 418 Å². The lowest BCUT2D eigenvalue weighted by Crippen LogP contribution is -2.15. The van der Waals surface area contributed by atoms with Crippen LogP contribution in [0.1, 0.15) is 25.0 Å². The Hall–Kier alpha value is -9.18. The van der Waals surface area contributed by atoms with Gasteiger partial charge in [0.25, 0.3) is 0 Å². The van der Waals surface area contributed by atoms with Crippen molar-refractivity contribution < 1.29 is 8.83 Å². The maximum absolute atomic E-state index is 6.31. The van der Waals surface area contributed by atoms with Crippen molar-refractivity contribution in [1.29, 1.82) is 0 Å². The van der Waals surface area contributed by atoms with Crippen LogP contribution in [0.5, 0.6) is 0 Å². The molecule has 340 valence electrons. The van der Waals surface area contributed by atoms with Crippen LogP contribution >= 0.6 is 0 Å². The third-order valence-corrected chi connectivity index (χ3v) is 15.1. The lowest BCUT2D eigenvalue weighted by atomic mass is 9.80. The molecule has 0 saturated carbocycles. The molecule has 0 fully saturated rings. The molecule has 2 aromatic heterocycles. The fourth-order valence-corrected chi connectivity index (χ4v) is 11.6. The van der Waals surface area contributed by atoms with Crippen molar-refractivity contribution >= 4 is 60.9 Å². The lowest BCUT2D eigenvalue weighted by molar-refractivity contribution is 0.661. The molecule has 3 nitrogen and oxygen atoms in total. The highest BCUT2D eigenvalue weighted by Crippen LogP contribution is 2.54. The molecule has 0 bridgehead atoms. The molecule has 0 N–H and O–H groups in total. The summed E-state index contributed by atoms with van der Waals surface area (Å²) in [5, 5.41) is 4.51. The fraction of sp³-hybridized carbons (Fsp3) is 0.0435. The largest absolute Gasteiger partial charge is 0.456 e. The third kappa shape index (κ3) is 6.73. The van der Waals surface area contributed by atoms with Gasteiger partial charge in [0.05, 0.1) is 0 Å². The summed E-state index contributed by atoms with van der Waals surface area (Å²) in [7, 11) is 0. The molecular weight excluding hydrogens is 875 g/mol. The van der Waals surface area contributed by atoms with E-state index < -0.39 is 0 Å². The number of rotatable bonds is 8. The average molecular weight is 922 g/mol. The fourth-order valence-electron chi connectivity index (χ4n) is 11.6. The minimum atomic E-state index is -0.193. The van der Waals surface area contributed by atoms with Crippen molar-refractivity contribution in [1.82, 2.24) is 0 Å². The molecule has 3 heteroatoms. The predicted molar refractivity (Wildman–Crippen MR) is 300 cm³/mol. The molecule has 0 spiro atoms. The molecule has 1 aliphatic rings. The summed E-state index contributed by atoms with van der Waals surface area (Å²) in [6, 6.07) is 89.9. The van der Waals surface area contributed by atoms with Crippen molar-refractivity contribution in [3.05, 3.63) is 260 Å². The summed E-state index contributed by atoms with van der Waals surface area (Å²) in [6.45, 7) is 4.76. The van der Waals surface area contributed by atoms with E-state index in [1.54, 1.807) is 0 Å². The predicted octanol–water partition coefficient (Wildman–Crippen LogP) is 19.6. The summed E-state index contributed by atoms with van der Waals surface area (Å²) < 4.78 is 12.6. The van der Waals surface area contributed by atoms with Crippen LogP contribution in [0.3, 0.4) is 0 Å². The van der Waals surface area contributed by atoms with Crippen molar-refractivity contribution in [2.45, 2.75) is 19.3 Å². The van der Waals surface area contributed by atoms with Gasteiger partial charge in [0, 0.05) is 44.0 Å². The summed E-state index contributed by atoms with van der Waals surface area (Å²) in [5.74, 6) is 0. The Morgan fingerprint density at radius 3 is 1.35 bits per heavy atom. The Kier molecular flexibility index (Phi) is 9.56. The first-order valence-corrected chi connectivity index (χ1v) is 24.8. The number of hydrogen-bond donors (Lipinski definition) is 0. The molecule has 0 unspecified atom stereocenters. The van der Waals surface area contributed by atoms with Crippen LogP contribution in [0.15, 0.2) is 258 Å². The van der Waals surface area contributed by atoms with Crippen LogP contribution in [-0.4, -0.2) is 0 Å². The van der Waals surface area contributed by atoms with Crippen molar-refractivity contribution in [2.24, 2.45) is 0 Å². The number of para-hydroxylation sites is 2. The van der Waals surface area contributed by atoms with Crippen molar-refractivity contribution in [3.8, 4) is 66.8 Å². The molecule has 14 rings (SSSR count). The van der Waals surface area contributed by atoms with E-state index in [9.17, 15) is 0 Å². The number of furan rings is 2. The summed E-state index contributed by atoms with van der Waals surface area (Å²) in [5.41, 5.74) is 23.7. The van der Waals surface area contributed by atoms with E-state index in [0.29, 0.717) is 0 Å². The van der Waals surface area contributed by atoms with Crippen LogP contribution in [0, 0.1) is 0 Å². The Morgan fingerprint density at radius 1 is 0.292 bits per heavy atom. The van der Waals surface area contributed by atoms with E-state index in [-0.39, 0.29) is 5.41 Å². The zero-order valence-electron chi connectivity index (χ0n) is 39.9. The smallest absolute Gasteiger partial charge is 0.136 e. The number of hydrogen-bond acceptors (Lipinski definition) is 3. The first-order chi connectivity index (χ1) is 35.4. The molecule has 0 amide bonds. The van der Waals surface area contributed by atoms with Gasteiger partial charge in [-0.3, -0.25) is 0 Å².